The minimum Gasteiger partial charge on any atom is -0.497 e. The minimum absolute atomic E-state index is 0.721. The molecule has 1 N–H and O–H groups in total. The highest BCUT2D eigenvalue weighted by molar-refractivity contribution is 5.31. The van der Waals surface area contributed by atoms with Gasteiger partial charge in [-0.2, -0.15) is 0 Å². The number of ether oxygens (including phenoxy) is 1. The molecule has 1 saturated carbocycles. The quantitative estimate of drug-likeness (QED) is 0.822. The molecule has 1 heterocycles. The molecule has 1 saturated heterocycles. The molecule has 3 unspecified atom stereocenters. The van der Waals surface area contributed by atoms with Crippen LogP contribution in [-0.2, 0) is 0 Å². The maximum Gasteiger partial charge on any atom is 0.118 e. The van der Waals surface area contributed by atoms with Crippen molar-refractivity contribution in [3.05, 3.63) is 29.8 Å². The largest absolute Gasteiger partial charge is 0.497 e. The zero-order chi connectivity index (χ0) is 11.0. The van der Waals surface area contributed by atoms with Crippen LogP contribution in [0.4, 0.5) is 0 Å². The van der Waals surface area contributed by atoms with Gasteiger partial charge >= 0.3 is 0 Å². The zero-order valence-electron chi connectivity index (χ0n) is 9.78. The molecule has 0 amide bonds. The second kappa shape index (κ2) is 4.10. The molecule has 0 aromatic heterocycles. The molecule has 2 nitrogen and oxygen atoms in total. The van der Waals surface area contributed by atoms with Gasteiger partial charge in [-0.15, -0.1) is 0 Å². The molecule has 2 aliphatic rings. The van der Waals surface area contributed by atoms with E-state index in [0.29, 0.717) is 0 Å². The third-order valence-electron chi connectivity index (χ3n) is 4.23. The van der Waals surface area contributed by atoms with Crippen molar-refractivity contribution in [2.24, 2.45) is 5.92 Å². The summed E-state index contributed by atoms with van der Waals surface area (Å²) < 4.78 is 5.20. The Hall–Kier alpha value is -1.02. The van der Waals surface area contributed by atoms with Crippen LogP contribution in [0.25, 0.3) is 0 Å². The van der Waals surface area contributed by atoms with Gasteiger partial charge in [-0.3, -0.25) is 0 Å². The SMILES string of the molecule is COc1ccc(C2CNC3CCCC32)cc1. The lowest BCUT2D eigenvalue weighted by Gasteiger charge is -2.17. The fraction of sp³-hybridized carbons (Fsp3) is 0.571. The van der Waals surface area contributed by atoms with Gasteiger partial charge in [0, 0.05) is 18.5 Å². The predicted octanol–water partition coefficient (Wildman–Crippen LogP) is 2.55. The van der Waals surface area contributed by atoms with Gasteiger partial charge in [-0.25, -0.2) is 0 Å². The van der Waals surface area contributed by atoms with E-state index in [9.17, 15) is 0 Å². The summed E-state index contributed by atoms with van der Waals surface area (Å²) in [6.45, 7) is 1.15. The molecular weight excluding hydrogens is 198 g/mol. The van der Waals surface area contributed by atoms with E-state index in [-0.39, 0.29) is 0 Å². The third kappa shape index (κ3) is 1.61. The first-order chi connectivity index (χ1) is 7.88. The van der Waals surface area contributed by atoms with E-state index in [0.717, 1.165) is 30.2 Å². The second-order valence-electron chi connectivity index (χ2n) is 4.99. The van der Waals surface area contributed by atoms with E-state index in [1.807, 2.05) is 0 Å². The second-order valence-corrected chi connectivity index (χ2v) is 4.99. The van der Waals surface area contributed by atoms with Gasteiger partial charge in [0.05, 0.1) is 7.11 Å². The molecule has 2 fully saturated rings. The molecule has 16 heavy (non-hydrogen) atoms. The van der Waals surface area contributed by atoms with Crippen molar-refractivity contribution >= 4 is 0 Å². The summed E-state index contributed by atoms with van der Waals surface area (Å²) >= 11 is 0. The first-order valence-electron chi connectivity index (χ1n) is 6.26. The summed E-state index contributed by atoms with van der Waals surface area (Å²) in [6, 6.07) is 9.40. The van der Waals surface area contributed by atoms with Crippen LogP contribution < -0.4 is 10.1 Å². The molecule has 0 bridgehead atoms. The fourth-order valence-electron chi connectivity index (χ4n) is 3.37. The first-order valence-corrected chi connectivity index (χ1v) is 6.26. The summed E-state index contributed by atoms with van der Waals surface area (Å²) in [5.74, 6) is 2.55. The Morgan fingerprint density at radius 3 is 2.75 bits per heavy atom. The van der Waals surface area contributed by atoms with Crippen LogP contribution in [0.3, 0.4) is 0 Å². The number of rotatable bonds is 2. The molecule has 1 aliphatic carbocycles. The number of benzene rings is 1. The van der Waals surface area contributed by atoms with Gasteiger partial charge in [0.1, 0.15) is 5.75 Å². The normalized spacial score (nSPS) is 32.7. The van der Waals surface area contributed by atoms with Crippen molar-refractivity contribution < 1.29 is 4.74 Å². The van der Waals surface area contributed by atoms with Gasteiger partial charge in [0.15, 0.2) is 0 Å². The molecule has 3 atom stereocenters. The van der Waals surface area contributed by atoms with Crippen molar-refractivity contribution in [1.29, 1.82) is 0 Å². The Labute approximate surface area is 97.0 Å². The Kier molecular flexibility index (Phi) is 2.60. The molecule has 1 aliphatic heterocycles. The Morgan fingerprint density at radius 2 is 2.00 bits per heavy atom. The Balaban J connectivity index is 1.81. The molecular formula is C14H19NO. The molecule has 1 aromatic rings. The van der Waals surface area contributed by atoms with E-state index in [4.69, 9.17) is 4.74 Å². The maximum absolute atomic E-state index is 5.20. The summed E-state index contributed by atoms with van der Waals surface area (Å²) in [4.78, 5) is 0. The third-order valence-corrected chi connectivity index (χ3v) is 4.23. The van der Waals surface area contributed by atoms with E-state index < -0.39 is 0 Å². The highest BCUT2D eigenvalue weighted by atomic mass is 16.5. The molecule has 1 aromatic carbocycles. The Morgan fingerprint density at radius 1 is 1.19 bits per heavy atom. The van der Waals surface area contributed by atoms with Crippen molar-refractivity contribution in [2.75, 3.05) is 13.7 Å². The van der Waals surface area contributed by atoms with Gasteiger partial charge in [0.25, 0.3) is 0 Å². The lowest BCUT2D eigenvalue weighted by Crippen LogP contribution is -2.21. The van der Waals surface area contributed by atoms with Crippen molar-refractivity contribution in [2.45, 2.75) is 31.2 Å². The molecule has 0 spiro atoms. The van der Waals surface area contributed by atoms with Crippen LogP contribution in [0.1, 0.15) is 30.7 Å². The number of fused-ring (bicyclic) bond motifs is 1. The predicted molar refractivity (Wildman–Crippen MR) is 64.9 cm³/mol. The van der Waals surface area contributed by atoms with Crippen LogP contribution in [0, 0.1) is 5.92 Å². The topological polar surface area (TPSA) is 21.3 Å². The average molecular weight is 217 g/mol. The molecule has 0 radical (unpaired) electrons. The van der Waals surface area contributed by atoms with Gasteiger partial charge in [-0.1, -0.05) is 18.6 Å². The first kappa shape index (κ1) is 10.2. The molecule has 2 heteroatoms. The summed E-state index contributed by atoms with van der Waals surface area (Å²) in [5, 5.41) is 3.66. The van der Waals surface area contributed by atoms with Crippen molar-refractivity contribution in [3.63, 3.8) is 0 Å². The minimum atomic E-state index is 0.721. The average Bonchev–Trinajstić information content (AvgIpc) is 2.91. The monoisotopic (exact) mass is 217 g/mol. The molecule has 86 valence electrons. The van der Waals surface area contributed by atoms with Gasteiger partial charge < -0.3 is 10.1 Å². The lowest BCUT2D eigenvalue weighted by atomic mass is 9.86. The summed E-state index contributed by atoms with van der Waals surface area (Å²) in [5.41, 5.74) is 1.47. The van der Waals surface area contributed by atoms with Crippen LogP contribution in [-0.4, -0.2) is 19.7 Å². The Bertz CT molecular complexity index is 360. The highest BCUT2D eigenvalue weighted by Gasteiger charge is 2.39. The zero-order valence-corrected chi connectivity index (χ0v) is 9.78. The van der Waals surface area contributed by atoms with E-state index in [2.05, 4.69) is 29.6 Å². The number of hydrogen-bond donors (Lipinski definition) is 1. The maximum atomic E-state index is 5.20. The smallest absolute Gasteiger partial charge is 0.118 e. The highest BCUT2D eigenvalue weighted by Crippen LogP contribution is 2.41. The summed E-state index contributed by atoms with van der Waals surface area (Å²) in [6.07, 6.45) is 4.17. The van der Waals surface area contributed by atoms with Crippen molar-refractivity contribution in [3.8, 4) is 5.75 Å². The van der Waals surface area contributed by atoms with E-state index in [1.54, 1.807) is 7.11 Å². The number of hydrogen-bond acceptors (Lipinski definition) is 2. The number of methoxy groups -OCH3 is 1. The van der Waals surface area contributed by atoms with Crippen LogP contribution in [0.2, 0.25) is 0 Å². The van der Waals surface area contributed by atoms with Crippen LogP contribution in [0.15, 0.2) is 24.3 Å². The molecule has 3 rings (SSSR count). The lowest BCUT2D eigenvalue weighted by molar-refractivity contribution is 0.414. The van der Waals surface area contributed by atoms with Gasteiger partial charge in [0.2, 0.25) is 0 Å². The van der Waals surface area contributed by atoms with Crippen molar-refractivity contribution in [1.82, 2.24) is 5.32 Å². The fourth-order valence-corrected chi connectivity index (χ4v) is 3.37. The van der Waals surface area contributed by atoms with Crippen LogP contribution in [0.5, 0.6) is 5.75 Å². The van der Waals surface area contributed by atoms with E-state index in [1.165, 1.54) is 24.8 Å². The standard InChI is InChI=1S/C14H19NO/c1-16-11-7-5-10(6-8-11)13-9-15-14-4-2-3-12(13)14/h5-8,12-15H,2-4,9H2,1H3. The number of nitrogens with one attached hydrogen (secondary N) is 1. The van der Waals surface area contributed by atoms with Gasteiger partial charge in [-0.05, 0) is 36.5 Å². The van der Waals surface area contributed by atoms with Crippen LogP contribution >= 0.6 is 0 Å². The van der Waals surface area contributed by atoms with E-state index >= 15 is 0 Å². The summed E-state index contributed by atoms with van der Waals surface area (Å²) in [7, 11) is 1.72.